The molecule has 1 rings (SSSR count). The summed E-state index contributed by atoms with van der Waals surface area (Å²) in [6, 6.07) is 6.20. The van der Waals surface area contributed by atoms with E-state index in [1.54, 1.807) is 18.2 Å². The second kappa shape index (κ2) is 3.39. The zero-order valence-electron chi connectivity index (χ0n) is 6.10. The van der Waals surface area contributed by atoms with Crippen LogP contribution in [0.25, 0.3) is 0 Å². The van der Waals surface area contributed by atoms with E-state index < -0.39 is 12.6 Å². The molecule has 0 heterocycles. The van der Waals surface area contributed by atoms with E-state index in [1.165, 1.54) is 6.07 Å². The van der Waals surface area contributed by atoms with Gasteiger partial charge in [-0.25, -0.2) is 0 Å². The number of thiol groups is 1. The van der Waals surface area contributed by atoms with Crippen molar-refractivity contribution in [2.24, 2.45) is 0 Å². The summed E-state index contributed by atoms with van der Waals surface area (Å²) in [6.07, 6.45) is -5.06. The number of benzene rings is 1. The Bertz CT molecular complexity index is 267. The van der Waals surface area contributed by atoms with Crippen LogP contribution in [0.15, 0.2) is 29.2 Å². The van der Waals surface area contributed by atoms with Gasteiger partial charge < -0.3 is 0 Å². The maximum atomic E-state index is 11.9. The summed E-state index contributed by atoms with van der Waals surface area (Å²) in [6.45, 7) is 0. The van der Waals surface area contributed by atoms with Crippen LogP contribution in [-0.2, 0) is 6.42 Å². The van der Waals surface area contributed by atoms with Crippen LogP contribution in [0.4, 0.5) is 13.2 Å². The normalized spacial score (nSPS) is 11.7. The predicted molar refractivity (Wildman–Crippen MR) is 43.5 cm³/mol. The van der Waals surface area contributed by atoms with Crippen LogP contribution in [-0.4, -0.2) is 6.18 Å². The molecular formula is C8H7F3S. The maximum Gasteiger partial charge on any atom is 0.393 e. The Hall–Kier alpha value is -0.640. The summed E-state index contributed by atoms with van der Waals surface area (Å²) < 4.78 is 35.7. The van der Waals surface area contributed by atoms with Crippen molar-refractivity contribution in [1.29, 1.82) is 0 Å². The molecule has 1 aromatic carbocycles. The Kier molecular flexibility index (Phi) is 2.67. The number of halogens is 3. The van der Waals surface area contributed by atoms with Gasteiger partial charge >= 0.3 is 6.18 Å². The molecule has 0 N–H and O–H groups in total. The van der Waals surface area contributed by atoms with Crippen molar-refractivity contribution in [1.82, 2.24) is 0 Å². The largest absolute Gasteiger partial charge is 0.393 e. The quantitative estimate of drug-likeness (QED) is 0.649. The Morgan fingerprint density at radius 2 is 1.75 bits per heavy atom. The molecule has 0 atom stereocenters. The first-order valence-electron chi connectivity index (χ1n) is 3.33. The molecule has 0 aromatic heterocycles. The molecule has 1 aromatic rings. The van der Waals surface area contributed by atoms with E-state index in [-0.39, 0.29) is 5.56 Å². The van der Waals surface area contributed by atoms with Gasteiger partial charge in [0, 0.05) is 4.90 Å². The molecule has 0 fully saturated rings. The molecule has 66 valence electrons. The van der Waals surface area contributed by atoms with Gasteiger partial charge in [0.1, 0.15) is 0 Å². The first-order valence-corrected chi connectivity index (χ1v) is 3.77. The van der Waals surface area contributed by atoms with Crippen LogP contribution in [0.2, 0.25) is 0 Å². The summed E-state index contributed by atoms with van der Waals surface area (Å²) >= 11 is 3.91. The smallest absolute Gasteiger partial charge is 0.171 e. The van der Waals surface area contributed by atoms with Crippen LogP contribution in [0.5, 0.6) is 0 Å². The lowest BCUT2D eigenvalue weighted by Gasteiger charge is -2.07. The summed E-state index contributed by atoms with van der Waals surface area (Å²) in [5.41, 5.74) is 0.216. The summed E-state index contributed by atoms with van der Waals surface area (Å²) in [7, 11) is 0. The van der Waals surface area contributed by atoms with E-state index in [1.807, 2.05) is 0 Å². The van der Waals surface area contributed by atoms with Crippen LogP contribution >= 0.6 is 12.6 Å². The minimum absolute atomic E-state index is 0.216. The fraction of sp³-hybridized carbons (Fsp3) is 0.250. The average Bonchev–Trinajstić information content (AvgIpc) is 1.91. The van der Waals surface area contributed by atoms with E-state index >= 15 is 0 Å². The lowest BCUT2D eigenvalue weighted by atomic mass is 10.1. The van der Waals surface area contributed by atoms with E-state index in [2.05, 4.69) is 12.6 Å². The van der Waals surface area contributed by atoms with Crippen molar-refractivity contribution < 1.29 is 13.2 Å². The number of hydrogen-bond acceptors (Lipinski definition) is 1. The van der Waals surface area contributed by atoms with E-state index in [0.717, 1.165) is 0 Å². The highest BCUT2D eigenvalue weighted by Gasteiger charge is 2.28. The van der Waals surface area contributed by atoms with Gasteiger partial charge in [0.2, 0.25) is 0 Å². The second-order valence-electron chi connectivity index (χ2n) is 2.42. The fourth-order valence-electron chi connectivity index (χ4n) is 0.876. The number of rotatable bonds is 1. The van der Waals surface area contributed by atoms with Gasteiger partial charge in [-0.1, -0.05) is 18.2 Å². The number of alkyl halides is 3. The molecule has 0 bridgehead atoms. The third kappa shape index (κ3) is 2.77. The molecular weight excluding hydrogens is 185 g/mol. The van der Waals surface area contributed by atoms with E-state index in [0.29, 0.717) is 4.90 Å². The molecule has 0 aliphatic carbocycles. The van der Waals surface area contributed by atoms with Crippen molar-refractivity contribution in [3.8, 4) is 0 Å². The van der Waals surface area contributed by atoms with E-state index in [4.69, 9.17) is 0 Å². The second-order valence-corrected chi connectivity index (χ2v) is 2.90. The molecule has 0 saturated carbocycles. The van der Waals surface area contributed by atoms with Gasteiger partial charge in [-0.05, 0) is 11.6 Å². The maximum absolute atomic E-state index is 11.9. The monoisotopic (exact) mass is 192 g/mol. The third-order valence-corrected chi connectivity index (χ3v) is 1.82. The van der Waals surface area contributed by atoms with Gasteiger partial charge in [-0.3, -0.25) is 0 Å². The predicted octanol–water partition coefficient (Wildman–Crippen LogP) is 3.08. The number of hydrogen-bond donors (Lipinski definition) is 1. The lowest BCUT2D eigenvalue weighted by molar-refractivity contribution is -0.127. The standard InChI is InChI=1S/C8H7F3S/c9-8(10,11)5-6-3-1-2-4-7(6)12/h1-4,12H,5H2. The summed E-state index contributed by atoms with van der Waals surface area (Å²) in [5, 5.41) is 0. The van der Waals surface area contributed by atoms with Crippen molar-refractivity contribution in [3.05, 3.63) is 29.8 Å². The van der Waals surface area contributed by atoms with Crippen molar-refractivity contribution in [3.63, 3.8) is 0 Å². The third-order valence-electron chi connectivity index (χ3n) is 1.38. The Labute approximate surface area is 73.8 Å². The van der Waals surface area contributed by atoms with Crippen LogP contribution < -0.4 is 0 Å². The highest BCUT2D eigenvalue weighted by atomic mass is 32.1. The molecule has 12 heavy (non-hydrogen) atoms. The zero-order valence-corrected chi connectivity index (χ0v) is 6.99. The zero-order chi connectivity index (χ0) is 9.19. The first kappa shape index (κ1) is 9.45. The first-order chi connectivity index (χ1) is 5.49. The fourth-order valence-corrected chi connectivity index (χ4v) is 1.12. The lowest BCUT2D eigenvalue weighted by Crippen LogP contribution is -2.11. The van der Waals surface area contributed by atoms with Crippen molar-refractivity contribution in [2.75, 3.05) is 0 Å². The van der Waals surface area contributed by atoms with Crippen LogP contribution in [0.3, 0.4) is 0 Å². The van der Waals surface area contributed by atoms with Crippen molar-refractivity contribution >= 4 is 12.6 Å². The van der Waals surface area contributed by atoms with Crippen LogP contribution in [0, 0.1) is 0 Å². The SMILES string of the molecule is FC(F)(F)Cc1ccccc1S. The minimum Gasteiger partial charge on any atom is -0.171 e. The molecule has 4 heteroatoms. The Morgan fingerprint density at radius 1 is 1.17 bits per heavy atom. The molecule has 0 amide bonds. The van der Waals surface area contributed by atoms with Gasteiger partial charge in [-0.15, -0.1) is 12.6 Å². The van der Waals surface area contributed by atoms with Crippen molar-refractivity contribution in [2.45, 2.75) is 17.5 Å². The van der Waals surface area contributed by atoms with Gasteiger partial charge in [0.25, 0.3) is 0 Å². The van der Waals surface area contributed by atoms with Gasteiger partial charge in [-0.2, -0.15) is 13.2 Å². The molecule has 0 aliphatic heterocycles. The Morgan fingerprint density at radius 3 is 2.25 bits per heavy atom. The van der Waals surface area contributed by atoms with Crippen LogP contribution in [0.1, 0.15) is 5.56 Å². The van der Waals surface area contributed by atoms with E-state index in [9.17, 15) is 13.2 Å². The molecule has 0 nitrogen and oxygen atoms in total. The molecule has 0 radical (unpaired) electrons. The average molecular weight is 192 g/mol. The topological polar surface area (TPSA) is 0 Å². The Balaban J connectivity index is 2.83. The molecule has 0 aliphatic rings. The molecule has 0 unspecified atom stereocenters. The summed E-state index contributed by atoms with van der Waals surface area (Å²) in [4.78, 5) is 0.384. The molecule has 0 saturated heterocycles. The minimum atomic E-state index is -4.15. The van der Waals surface area contributed by atoms with Gasteiger partial charge in [0.15, 0.2) is 0 Å². The molecule has 0 spiro atoms. The van der Waals surface area contributed by atoms with Gasteiger partial charge in [0.05, 0.1) is 6.42 Å². The summed E-state index contributed by atoms with van der Waals surface area (Å²) in [5.74, 6) is 0. The highest BCUT2D eigenvalue weighted by Crippen LogP contribution is 2.24. The highest BCUT2D eigenvalue weighted by molar-refractivity contribution is 7.80.